The maximum atomic E-state index is 6.39. The van der Waals surface area contributed by atoms with Crippen molar-refractivity contribution in [2.24, 2.45) is 5.92 Å². The summed E-state index contributed by atoms with van der Waals surface area (Å²) in [6.45, 7) is 9.37. The van der Waals surface area contributed by atoms with E-state index in [1.54, 1.807) is 6.33 Å². The number of halogens is 1. The van der Waals surface area contributed by atoms with E-state index in [9.17, 15) is 0 Å². The summed E-state index contributed by atoms with van der Waals surface area (Å²) < 4.78 is 0. The van der Waals surface area contributed by atoms with Gasteiger partial charge >= 0.3 is 0 Å². The van der Waals surface area contributed by atoms with Crippen molar-refractivity contribution in [3.05, 3.63) is 18.1 Å². The van der Waals surface area contributed by atoms with E-state index in [1.165, 1.54) is 0 Å². The van der Waals surface area contributed by atoms with E-state index < -0.39 is 0 Å². The summed E-state index contributed by atoms with van der Waals surface area (Å²) in [5.41, 5.74) is 1.06. The Hall–Kier alpha value is -0.830. The van der Waals surface area contributed by atoms with E-state index in [0.717, 1.165) is 30.9 Å². The lowest BCUT2D eigenvalue weighted by Gasteiger charge is -2.19. The number of alkyl halides is 1. The van der Waals surface area contributed by atoms with E-state index in [1.807, 2.05) is 6.07 Å². The lowest BCUT2D eigenvalue weighted by Crippen LogP contribution is -2.23. The van der Waals surface area contributed by atoms with E-state index in [4.69, 9.17) is 11.6 Å². The van der Waals surface area contributed by atoms with Crippen molar-refractivity contribution in [3.8, 4) is 0 Å². The Balaban J connectivity index is 2.55. The summed E-state index contributed by atoms with van der Waals surface area (Å²) in [6, 6.07) is 2.00. The van der Waals surface area contributed by atoms with Crippen LogP contribution >= 0.6 is 11.6 Å². The van der Waals surface area contributed by atoms with Crippen molar-refractivity contribution < 1.29 is 0 Å². The van der Waals surface area contributed by atoms with Crippen LogP contribution in [-0.2, 0) is 0 Å². The summed E-state index contributed by atoms with van der Waals surface area (Å²) in [4.78, 5) is 8.47. The van der Waals surface area contributed by atoms with Crippen molar-refractivity contribution in [1.82, 2.24) is 9.97 Å². The molecule has 1 unspecified atom stereocenters. The van der Waals surface area contributed by atoms with Crippen molar-refractivity contribution in [2.45, 2.75) is 51.8 Å². The van der Waals surface area contributed by atoms with Gasteiger partial charge in [-0.1, -0.05) is 40.5 Å². The van der Waals surface area contributed by atoms with Gasteiger partial charge in [0.1, 0.15) is 12.1 Å². The zero-order chi connectivity index (χ0) is 13.5. The Morgan fingerprint density at radius 3 is 2.44 bits per heavy atom. The molecule has 0 amide bonds. The molecule has 0 aliphatic heterocycles. The van der Waals surface area contributed by atoms with Gasteiger partial charge in [-0.05, 0) is 11.8 Å². The Labute approximate surface area is 115 Å². The highest BCUT2D eigenvalue weighted by Gasteiger charge is 2.15. The maximum absolute atomic E-state index is 6.39. The zero-order valence-electron chi connectivity index (χ0n) is 11.8. The summed E-state index contributed by atoms with van der Waals surface area (Å²) >= 11 is 6.39. The summed E-state index contributed by atoms with van der Waals surface area (Å²) in [5.74, 6) is 1.84. The first-order valence-electron chi connectivity index (χ1n) is 6.78. The maximum Gasteiger partial charge on any atom is 0.129 e. The van der Waals surface area contributed by atoms with Crippen LogP contribution in [-0.4, -0.2) is 21.9 Å². The Bertz CT molecular complexity index is 351. The fourth-order valence-corrected chi connectivity index (χ4v) is 2.39. The van der Waals surface area contributed by atoms with Crippen LogP contribution in [0.2, 0.25) is 0 Å². The molecule has 1 aromatic heterocycles. The number of anilines is 1. The van der Waals surface area contributed by atoms with Gasteiger partial charge in [0, 0.05) is 18.3 Å². The molecular formula is C14H24ClN3. The van der Waals surface area contributed by atoms with E-state index in [0.29, 0.717) is 11.8 Å². The van der Waals surface area contributed by atoms with Gasteiger partial charge in [0.15, 0.2) is 0 Å². The normalized spacial score (nSPS) is 13.1. The van der Waals surface area contributed by atoms with Crippen LogP contribution in [0.4, 0.5) is 5.82 Å². The van der Waals surface area contributed by atoms with Gasteiger partial charge < -0.3 is 5.32 Å². The molecular weight excluding hydrogens is 246 g/mol. The zero-order valence-corrected chi connectivity index (χ0v) is 12.5. The largest absolute Gasteiger partial charge is 0.368 e. The van der Waals surface area contributed by atoms with Crippen molar-refractivity contribution >= 4 is 17.4 Å². The minimum atomic E-state index is 0.150. The van der Waals surface area contributed by atoms with Gasteiger partial charge in [0.05, 0.1) is 5.38 Å². The first-order chi connectivity index (χ1) is 8.58. The second kappa shape index (κ2) is 7.57. The molecule has 102 valence electrons. The third-order valence-corrected chi connectivity index (χ3v) is 3.83. The molecule has 0 saturated heterocycles. The lowest BCUT2D eigenvalue weighted by atomic mass is 9.99. The van der Waals surface area contributed by atoms with Crippen molar-refractivity contribution in [2.75, 3.05) is 11.9 Å². The molecule has 0 spiro atoms. The molecule has 18 heavy (non-hydrogen) atoms. The number of aromatic nitrogens is 2. The smallest absolute Gasteiger partial charge is 0.129 e. The number of nitrogens with zero attached hydrogens (tertiary/aromatic N) is 2. The summed E-state index contributed by atoms with van der Waals surface area (Å²) in [7, 11) is 0. The van der Waals surface area contributed by atoms with Gasteiger partial charge in [0.2, 0.25) is 0 Å². The van der Waals surface area contributed by atoms with Gasteiger partial charge in [0.25, 0.3) is 0 Å². The summed E-state index contributed by atoms with van der Waals surface area (Å²) in [5, 5.41) is 3.46. The molecule has 1 N–H and O–H groups in total. The van der Waals surface area contributed by atoms with Crippen molar-refractivity contribution in [3.63, 3.8) is 0 Å². The van der Waals surface area contributed by atoms with Crippen LogP contribution in [0.15, 0.2) is 12.4 Å². The first kappa shape index (κ1) is 15.2. The van der Waals surface area contributed by atoms with Crippen LogP contribution < -0.4 is 5.32 Å². The molecule has 0 aromatic carbocycles. The Morgan fingerprint density at radius 2 is 1.89 bits per heavy atom. The molecule has 1 rings (SSSR count). The van der Waals surface area contributed by atoms with Gasteiger partial charge in [-0.2, -0.15) is 0 Å². The molecule has 0 aliphatic rings. The summed E-state index contributed by atoms with van der Waals surface area (Å²) in [6.07, 6.45) is 3.85. The highest BCUT2D eigenvalue weighted by Crippen LogP contribution is 2.19. The highest BCUT2D eigenvalue weighted by molar-refractivity contribution is 6.21. The number of nitrogens with one attached hydrogen (secondary N) is 1. The van der Waals surface area contributed by atoms with Crippen LogP contribution in [0.3, 0.4) is 0 Å². The molecule has 1 aromatic rings. The average Bonchev–Trinajstić information content (AvgIpc) is 2.38. The minimum absolute atomic E-state index is 0.150. The minimum Gasteiger partial charge on any atom is -0.368 e. The molecule has 4 heteroatoms. The SMILES string of the molecule is CCC(CC)C(Cl)CNc1cc(C(C)C)ncn1. The van der Waals surface area contributed by atoms with Gasteiger partial charge in [-0.15, -0.1) is 11.6 Å². The standard InChI is InChI=1S/C14H24ClN3/c1-5-11(6-2)12(15)8-16-14-7-13(10(3)4)17-9-18-14/h7,9-12H,5-6,8H2,1-4H3,(H,16,17,18). The predicted molar refractivity (Wildman–Crippen MR) is 78.3 cm³/mol. The second-order valence-corrected chi connectivity index (χ2v) is 5.52. The highest BCUT2D eigenvalue weighted by atomic mass is 35.5. The molecule has 1 heterocycles. The molecule has 0 bridgehead atoms. The van der Waals surface area contributed by atoms with E-state index in [-0.39, 0.29) is 5.38 Å². The predicted octanol–water partition coefficient (Wildman–Crippen LogP) is 4.06. The van der Waals surface area contributed by atoms with Gasteiger partial charge in [-0.3, -0.25) is 0 Å². The van der Waals surface area contributed by atoms with Crippen LogP contribution in [0, 0.1) is 5.92 Å². The molecule has 3 nitrogen and oxygen atoms in total. The molecule has 0 saturated carbocycles. The molecule has 0 radical (unpaired) electrons. The van der Waals surface area contributed by atoms with Crippen LogP contribution in [0.5, 0.6) is 0 Å². The first-order valence-corrected chi connectivity index (χ1v) is 7.21. The molecule has 0 aliphatic carbocycles. The third-order valence-electron chi connectivity index (χ3n) is 3.32. The lowest BCUT2D eigenvalue weighted by molar-refractivity contribution is 0.475. The third kappa shape index (κ3) is 4.45. The average molecular weight is 270 g/mol. The quantitative estimate of drug-likeness (QED) is 0.759. The number of rotatable bonds is 7. The monoisotopic (exact) mass is 269 g/mol. The number of hydrogen-bond acceptors (Lipinski definition) is 3. The fourth-order valence-electron chi connectivity index (χ4n) is 1.95. The van der Waals surface area contributed by atoms with E-state index >= 15 is 0 Å². The fraction of sp³-hybridized carbons (Fsp3) is 0.714. The molecule has 1 atom stereocenters. The molecule has 0 fully saturated rings. The second-order valence-electron chi connectivity index (χ2n) is 4.96. The van der Waals surface area contributed by atoms with Crippen LogP contribution in [0.1, 0.15) is 52.1 Å². The van der Waals surface area contributed by atoms with Crippen LogP contribution in [0.25, 0.3) is 0 Å². The topological polar surface area (TPSA) is 37.8 Å². The van der Waals surface area contributed by atoms with E-state index in [2.05, 4.69) is 43.0 Å². The number of hydrogen-bond donors (Lipinski definition) is 1. The van der Waals surface area contributed by atoms with Gasteiger partial charge in [-0.25, -0.2) is 9.97 Å². The van der Waals surface area contributed by atoms with Crippen molar-refractivity contribution in [1.29, 1.82) is 0 Å². The Kier molecular flexibility index (Phi) is 6.41. The Morgan fingerprint density at radius 1 is 1.22 bits per heavy atom.